The van der Waals surface area contributed by atoms with E-state index < -0.39 is 53.8 Å². The van der Waals surface area contributed by atoms with Gasteiger partial charge in [-0.1, -0.05) is 0 Å². The molecule has 0 aliphatic rings. The van der Waals surface area contributed by atoms with Crippen molar-refractivity contribution < 1.29 is 45.7 Å². The standard InChI is InChI=1S/C17H31N5O7/c1-9(19)14(24)22-12(17(28)29)6-7-13(23)21-11(5-3-4-8-18)15(25)20-10(2)16(26)27/h9-12H,3-8,18-19H2,1-2H3,(H,20,25)(H,21,23)(H,22,24)(H,26,27)(H,28,29)/t9-,10+,11-,12-/m0/s1. The van der Waals surface area contributed by atoms with E-state index in [0.717, 1.165) is 0 Å². The van der Waals surface area contributed by atoms with Crippen LogP contribution in [-0.4, -0.2) is 60.4 Å². The molecule has 4 atom stereocenters. The first-order valence-electron chi connectivity index (χ1n) is 9.43. The number of hydrogen-bond donors (Lipinski definition) is 5. The second kappa shape index (κ2) is 13.4. The third-order valence-corrected chi connectivity index (χ3v) is 4.07. The van der Waals surface area contributed by atoms with Gasteiger partial charge in [0.2, 0.25) is 11.8 Å². The Morgan fingerprint density at radius 1 is 0.828 bits per heavy atom. The number of carboxylic acid groups (broad SMARTS) is 2. The second-order valence-corrected chi connectivity index (χ2v) is 6.84. The summed E-state index contributed by atoms with van der Waals surface area (Å²) in [5, 5.41) is 28.9. The highest BCUT2D eigenvalue weighted by Gasteiger charge is 2.24. The van der Waals surface area contributed by atoms with Crippen LogP contribution in [-0.2, 0) is 24.0 Å². The lowest BCUT2D eigenvalue weighted by molar-refractivity contribution is -0.398. The number of rotatable bonds is 14. The lowest BCUT2D eigenvalue weighted by Gasteiger charge is -2.23. The number of carboxylic acids is 2. The molecule has 0 heterocycles. The van der Waals surface area contributed by atoms with E-state index in [9.17, 15) is 34.2 Å². The highest BCUT2D eigenvalue weighted by atomic mass is 16.4. The number of hydrogen-bond acceptors (Lipinski definition) is 7. The Morgan fingerprint density at radius 3 is 1.93 bits per heavy atom. The maximum atomic E-state index is 12.3. The number of carbonyl (C=O) groups is 5. The molecule has 0 aromatic heterocycles. The number of unbranched alkanes of at least 4 members (excludes halogenated alkanes) is 1. The van der Waals surface area contributed by atoms with Gasteiger partial charge < -0.3 is 47.2 Å². The van der Waals surface area contributed by atoms with Crippen molar-refractivity contribution >= 4 is 29.7 Å². The number of carbonyl (C=O) groups excluding carboxylic acids is 5. The van der Waals surface area contributed by atoms with Crippen molar-refractivity contribution in [2.24, 2.45) is 0 Å². The van der Waals surface area contributed by atoms with Crippen LogP contribution >= 0.6 is 0 Å². The van der Waals surface area contributed by atoms with Gasteiger partial charge in [-0.25, -0.2) is 0 Å². The summed E-state index contributed by atoms with van der Waals surface area (Å²) >= 11 is 0. The zero-order chi connectivity index (χ0) is 22.6. The Labute approximate surface area is 168 Å². The molecule has 9 N–H and O–H groups in total. The number of amides is 3. The van der Waals surface area contributed by atoms with Crippen LogP contribution in [0.5, 0.6) is 0 Å². The summed E-state index contributed by atoms with van der Waals surface area (Å²) < 4.78 is 0. The van der Waals surface area contributed by atoms with E-state index in [0.29, 0.717) is 19.4 Å². The Kier molecular flexibility index (Phi) is 12.2. The zero-order valence-electron chi connectivity index (χ0n) is 16.8. The summed E-state index contributed by atoms with van der Waals surface area (Å²) in [7, 11) is 0. The van der Waals surface area contributed by atoms with E-state index in [1.165, 1.54) is 13.8 Å². The number of aliphatic carboxylic acids is 2. The number of quaternary nitrogens is 2. The predicted octanol–water partition coefficient (Wildman–Crippen LogP) is -6.22. The normalized spacial score (nSPS) is 14.8. The minimum atomic E-state index is -1.54. The second-order valence-electron chi connectivity index (χ2n) is 6.84. The van der Waals surface area contributed by atoms with Crippen LogP contribution < -0.4 is 37.6 Å². The largest absolute Gasteiger partial charge is 0.548 e. The van der Waals surface area contributed by atoms with Crippen molar-refractivity contribution in [3.8, 4) is 0 Å². The van der Waals surface area contributed by atoms with Crippen LogP contribution in [0.1, 0.15) is 46.0 Å². The van der Waals surface area contributed by atoms with Crippen LogP contribution in [0.4, 0.5) is 0 Å². The van der Waals surface area contributed by atoms with E-state index in [1.807, 2.05) is 0 Å². The number of nitrogens with one attached hydrogen (secondary N) is 3. The monoisotopic (exact) mass is 417 g/mol. The van der Waals surface area contributed by atoms with Crippen LogP contribution in [0.2, 0.25) is 0 Å². The van der Waals surface area contributed by atoms with Crippen molar-refractivity contribution in [1.29, 1.82) is 0 Å². The minimum absolute atomic E-state index is 0.241. The van der Waals surface area contributed by atoms with Gasteiger partial charge >= 0.3 is 0 Å². The van der Waals surface area contributed by atoms with Crippen LogP contribution in [0.15, 0.2) is 0 Å². The lowest BCUT2D eigenvalue weighted by atomic mass is 10.1. The molecule has 0 aromatic carbocycles. The molecule has 0 saturated heterocycles. The first-order chi connectivity index (χ1) is 13.5. The third kappa shape index (κ3) is 11.0. The molecule has 0 spiro atoms. The van der Waals surface area contributed by atoms with Gasteiger partial charge in [0.15, 0.2) is 6.04 Å². The molecule has 0 fully saturated rings. The Bertz CT molecular complexity index is 597. The highest BCUT2D eigenvalue weighted by Crippen LogP contribution is 2.04. The van der Waals surface area contributed by atoms with Gasteiger partial charge in [0.25, 0.3) is 5.91 Å². The molecule has 0 rings (SSSR count). The average molecular weight is 417 g/mol. The van der Waals surface area contributed by atoms with Gasteiger partial charge in [-0.05, 0) is 39.5 Å². The van der Waals surface area contributed by atoms with Gasteiger partial charge in [0, 0.05) is 6.42 Å². The maximum Gasteiger partial charge on any atom is 0.278 e. The van der Waals surface area contributed by atoms with Gasteiger partial charge in [-0.2, -0.15) is 0 Å². The quantitative estimate of drug-likeness (QED) is 0.172. The maximum absolute atomic E-state index is 12.3. The smallest absolute Gasteiger partial charge is 0.278 e. The first-order valence-corrected chi connectivity index (χ1v) is 9.43. The molecule has 12 nitrogen and oxygen atoms in total. The van der Waals surface area contributed by atoms with Crippen molar-refractivity contribution in [3.63, 3.8) is 0 Å². The van der Waals surface area contributed by atoms with E-state index in [4.69, 9.17) is 0 Å². The molecule has 0 radical (unpaired) electrons. The fourth-order valence-electron chi connectivity index (χ4n) is 2.27. The summed E-state index contributed by atoms with van der Waals surface area (Å²) in [4.78, 5) is 58.0. The van der Waals surface area contributed by atoms with E-state index >= 15 is 0 Å². The Morgan fingerprint density at radius 2 is 1.45 bits per heavy atom. The highest BCUT2D eigenvalue weighted by molar-refractivity contribution is 5.90. The molecule has 0 aliphatic heterocycles. The molecule has 0 bridgehead atoms. The van der Waals surface area contributed by atoms with E-state index in [-0.39, 0.29) is 19.3 Å². The predicted molar refractivity (Wildman–Crippen MR) is 94.7 cm³/mol. The summed E-state index contributed by atoms with van der Waals surface area (Å²) in [6.07, 6.45) is 1.000. The third-order valence-electron chi connectivity index (χ3n) is 4.07. The van der Waals surface area contributed by atoms with Crippen molar-refractivity contribution in [2.45, 2.75) is 70.1 Å². The molecule has 12 heteroatoms. The first kappa shape index (κ1) is 26.3. The molecule has 166 valence electrons. The van der Waals surface area contributed by atoms with Gasteiger partial charge in [-0.3, -0.25) is 14.4 Å². The van der Waals surface area contributed by atoms with Crippen molar-refractivity contribution in [1.82, 2.24) is 16.0 Å². The summed E-state index contributed by atoms with van der Waals surface area (Å²) in [5.41, 5.74) is 7.16. The van der Waals surface area contributed by atoms with Crippen LogP contribution in [0, 0.1) is 0 Å². The Hall–Kier alpha value is -2.73. The van der Waals surface area contributed by atoms with Crippen LogP contribution in [0.25, 0.3) is 0 Å². The topological polar surface area (TPSA) is 223 Å². The molecule has 3 amide bonds. The van der Waals surface area contributed by atoms with E-state index in [1.54, 1.807) is 0 Å². The molecule has 0 unspecified atom stereocenters. The fourth-order valence-corrected chi connectivity index (χ4v) is 2.27. The minimum Gasteiger partial charge on any atom is -0.548 e. The summed E-state index contributed by atoms with van der Waals surface area (Å²) in [5.74, 6) is -4.91. The summed E-state index contributed by atoms with van der Waals surface area (Å²) in [6.45, 7) is 3.35. The molecule has 0 aromatic rings. The van der Waals surface area contributed by atoms with Crippen molar-refractivity contribution in [2.75, 3.05) is 6.54 Å². The van der Waals surface area contributed by atoms with Gasteiger partial charge in [0.05, 0.1) is 30.6 Å². The fraction of sp³-hybridized carbons (Fsp3) is 0.706. The average Bonchev–Trinajstić information content (AvgIpc) is 2.63. The van der Waals surface area contributed by atoms with Gasteiger partial charge in [-0.15, -0.1) is 0 Å². The van der Waals surface area contributed by atoms with E-state index in [2.05, 4.69) is 27.4 Å². The molecular formula is C17H31N5O7. The molecule has 0 saturated carbocycles. The molecule has 0 aliphatic carbocycles. The Balaban J connectivity index is 4.88. The van der Waals surface area contributed by atoms with Gasteiger partial charge in [0.1, 0.15) is 6.04 Å². The molecule has 29 heavy (non-hydrogen) atoms. The SMILES string of the molecule is C[C@H]([NH3+])C(=O)N[C@@H](CCC(=O)N[C@@H](CCCC[NH3+])C(=O)N[C@H](C)C(=O)[O-])C(=O)[O-]. The van der Waals surface area contributed by atoms with Crippen LogP contribution in [0.3, 0.4) is 0 Å². The van der Waals surface area contributed by atoms with Crippen molar-refractivity contribution in [3.05, 3.63) is 0 Å². The zero-order valence-corrected chi connectivity index (χ0v) is 16.8. The lowest BCUT2D eigenvalue weighted by Crippen LogP contribution is -2.67. The summed E-state index contributed by atoms with van der Waals surface area (Å²) in [6, 6.07) is -4.30. The molecular weight excluding hydrogens is 386 g/mol.